The highest BCUT2D eigenvalue weighted by molar-refractivity contribution is 5.88. The summed E-state index contributed by atoms with van der Waals surface area (Å²) in [5.41, 5.74) is 1.31. The first-order chi connectivity index (χ1) is 15.8. The summed E-state index contributed by atoms with van der Waals surface area (Å²) in [5, 5.41) is 2.98. The zero-order valence-corrected chi connectivity index (χ0v) is 19.0. The van der Waals surface area contributed by atoms with E-state index in [1.807, 2.05) is 38.4 Å². The van der Waals surface area contributed by atoms with E-state index < -0.39 is 11.1 Å². The highest BCUT2D eigenvalue weighted by Crippen LogP contribution is 2.13. The lowest BCUT2D eigenvalue weighted by atomic mass is 10.2. The summed E-state index contributed by atoms with van der Waals surface area (Å²) in [6.07, 6.45) is 4.12. The Morgan fingerprint density at radius 3 is 1.91 bits per heavy atom. The number of hydrogen-bond donors (Lipinski definition) is 3. The summed E-state index contributed by atoms with van der Waals surface area (Å²) < 4.78 is 5.71. The van der Waals surface area contributed by atoms with Crippen LogP contribution in [0.3, 0.4) is 0 Å². The second-order valence-electron chi connectivity index (χ2n) is 7.90. The normalized spacial score (nSPS) is 12.2. The summed E-state index contributed by atoms with van der Waals surface area (Å²) in [6.45, 7) is 3.01. The van der Waals surface area contributed by atoms with E-state index in [1.54, 1.807) is 36.4 Å². The molecule has 3 aromatic rings. The van der Waals surface area contributed by atoms with E-state index in [1.165, 1.54) is 6.92 Å². The predicted molar refractivity (Wildman–Crippen MR) is 130 cm³/mol. The SMILES string of the molecule is CC(=O)Nc1ccc(C=c2[nH]c(=O)c(=Cc3ccc(OCCCN(C)C)cc3)[nH]c2=O)cc1. The van der Waals surface area contributed by atoms with Crippen molar-refractivity contribution in [2.24, 2.45) is 0 Å². The minimum Gasteiger partial charge on any atom is -0.494 e. The molecule has 0 aliphatic heterocycles. The topological polar surface area (TPSA) is 107 Å². The maximum atomic E-state index is 12.5. The molecule has 0 atom stereocenters. The summed E-state index contributed by atoms with van der Waals surface area (Å²) in [6, 6.07) is 14.3. The maximum Gasteiger partial charge on any atom is 0.272 e. The molecule has 0 aliphatic rings. The third kappa shape index (κ3) is 7.33. The summed E-state index contributed by atoms with van der Waals surface area (Å²) in [5.74, 6) is 0.587. The number of aromatic nitrogens is 2. The summed E-state index contributed by atoms with van der Waals surface area (Å²) in [4.78, 5) is 43.5. The van der Waals surface area contributed by atoms with Crippen LogP contribution in [0.15, 0.2) is 58.1 Å². The van der Waals surface area contributed by atoms with Crippen LogP contribution < -0.4 is 31.9 Å². The number of H-pyrrole nitrogens is 2. The standard InChI is InChI=1S/C25H28N4O4/c1-17(30)26-20-9-5-18(6-10-20)15-22-24(31)28-23(25(32)27-22)16-19-7-11-21(12-8-19)33-14-4-13-29(2)3/h5-12,15-16H,4,13-14H2,1-3H3,(H,26,30)(H,27,32)(H,28,31). The molecule has 0 aliphatic carbocycles. The molecule has 8 heteroatoms. The molecule has 0 radical (unpaired) electrons. The molecule has 2 aromatic carbocycles. The van der Waals surface area contributed by atoms with Crippen LogP contribution >= 0.6 is 0 Å². The first-order valence-corrected chi connectivity index (χ1v) is 10.6. The second-order valence-corrected chi connectivity index (χ2v) is 7.90. The third-order valence-corrected chi connectivity index (χ3v) is 4.74. The summed E-state index contributed by atoms with van der Waals surface area (Å²) >= 11 is 0. The lowest BCUT2D eigenvalue weighted by Crippen LogP contribution is -2.46. The van der Waals surface area contributed by atoms with Crippen molar-refractivity contribution in [3.05, 3.63) is 91.1 Å². The lowest BCUT2D eigenvalue weighted by molar-refractivity contribution is -0.114. The van der Waals surface area contributed by atoms with Gasteiger partial charge in [0.25, 0.3) is 11.1 Å². The molecular formula is C25H28N4O4. The van der Waals surface area contributed by atoms with Crippen LogP contribution in [-0.4, -0.2) is 48.0 Å². The maximum absolute atomic E-state index is 12.5. The van der Waals surface area contributed by atoms with E-state index in [2.05, 4.69) is 20.2 Å². The van der Waals surface area contributed by atoms with Crippen molar-refractivity contribution in [2.45, 2.75) is 13.3 Å². The van der Waals surface area contributed by atoms with Crippen molar-refractivity contribution >= 4 is 23.7 Å². The Morgan fingerprint density at radius 2 is 1.42 bits per heavy atom. The number of carbonyl (C=O) groups excluding carboxylic acids is 1. The first kappa shape index (κ1) is 23.7. The van der Waals surface area contributed by atoms with Gasteiger partial charge in [0, 0.05) is 19.2 Å². The largest absolute Gasteiger partial charge is 0.494 e. The average Bonchev–Trinajstić information content (AvgIpc) is 2.76. The van der Waals surface area contributed by atoms with Crippen LogP contribution in [-0.2, 0) is 4.79 Å². The number of amides is 1. The van der Waals surface area contributed by atoms with Gasteiger partial charge in [-0.1, -0.05) is 24.3 Å². The molecule has 1 amide bonds. The zero-order valence-electron chi connectivity index (χ0n) is 19.0. The highest BCUT2D eigenvalue weighted by atomic mass is 16.5. The number of benzene rings is 2. The molecule has 0 spiro atoms. The molecule has 0 fully saturated rings. The van der Waals surface area contributed by atoms with Gasteiger partial charge in [0.1, 0.15) is 16.4 Å². The van der Waals surface area contributed by atoms with Crippen molar-refractivity contribution in [1.29, 1.82) is 0 Å². The number of nitrogens with zero attached hydrogens (tertiary/aromatic N) is 1. The van der Waals surface area contributed by atoms with E-state index in [9.17, 15) is 14.4 Å². The highest BCUT2D eigenvalue weighted by Gasteiger charge is 2.00. The fourth-order valence-corrected chi connectivity index (χ4v) is 3.13. The molecule has 172 valence electrons. The predicted octanol–water partition coefficient (Wildman–Crippen LogP) is 1.01. The molecule has 3 rings (SSSR count). The van der Waals surface area contributed by atoms with E-state index in [4.69, 9.17) is 4.74 Å². The van der Waals surface area contributed by atoms with E-state index in [0.717, 1.165) is 24.3 Å². The molecule has 0 bridgehead atoms. The fraction of sp³-hybridized carbons (Fsp3) is 0.240. The molecule has 1 heterocycles. The minimum atomic E-state index is -0.410. The molecule has 0 saturated heterocycles. The van der Waals surface area contributed by atoms with Gasteiger partial charge in [0.15, 0.2) is 0 Å². The number of ether oxygens (including phenoxy) is 1. The van der Waals surface area contributed by atoms with Gasteiger partial charge in [0.2, 0.25) is 5.91 Å². The Labute approximate surface area is 191 Å². The van der Waals surface area contributed by atoms with Gasteiger partial charge in [-0.05, 0) is 68.1 Å². The van der Waals surface area contributed by atoms with Crippen LogP contribution in [0.1, 0.15) is 24.5 Å². The monoisotopic (exact) mass is 448 g/mol. The summed E-state index contributed by atoms with van der Waals surface area (Å²) in [7, 11) is 4.04. The second kappa shape index (κ2) is 11.1. The number of rotatable bonds is 8. The fourth-order valence-electron chi connectivity index (χ4n) is 3.13. The molecule has 8 nitrogen and oxygen atoms in total. The minimum absolute atomic E-state index is 0.144. The van der Waals surface area contributed by atoms with Crippen LogP contribution in [0, 0.1) is 0 Å². The van der Waals surface area contributed by atoms with E-state index in [-0.39, 0.29) is 16.6 Å². The van der Waals surface area contributed by atoms with Crippen LogP contribution in [0.4, 0.5) is 5.69 Å². The van der Waals surface area contributed by atoms with Crippen molar-refractivity contribution in [3.63, 3.8) is 0 Å². The van der Waals surface area contributed by atoms with E-state index in [0.29, 0.717) is 17.9 Å². The molecule has 1 aromatic heterocycles. The van der Waals surface area contributed by atoms with Crippen LogP contribution in [0.2, 0.25) is 0 Å². The van der Waals surface area contributed by atoms with E-state index >= 15 is 0 Å². The Balaban J connectivity index is 1.77. The molecule has 0 unspecified atom stereocenters. The lowest BCUT2D eigenvalue weighted by Gasteiger charge is -2.10. The van der Waals surface area contributed by atoms with Crippen LogP contribution in [0.5, 0.6) is 5.75 Å². The number of anilines is 1. The molecular weight excluding hydrogens is 420 g/mol. The number of aromatic amines is 2. The molecule has 3 N–H and O–H groups in total. The molecule has 33 heavy (non-hydrogen) atoms. The van der Waals surface area contributed by atoms with Gasteiger partial charge < -0.3 is 24.9 Å². The van der Waals surface area contributed by atoms with Crippen molar-refractivity contribution in [2.75, 3.05) is 32.6 Å². The first-order valence-electron chi connectivity index (χ1n) is 10.6. The van der Waals surface area contributed by atoms with Crippen LogP contribution in [0.25, 0.3) is 12.2 Å². The zero-order chi connectivity index (χ0) is 23.8. The quantitative estimate of drug-likeness (QED) is 0.446. The smallest absolute Gasteiger partial charge is 0.272 e. The van der Waals surface area contributed by atoms with Crippen molar-refractivity contribution in [1.82, 2.24) is 14.9 Å². The Bertz CT molecular complexity index is 1320. The van der Waals surface area contributed by atoms with Gasteiger partial charge in [0.05, 0.1) is 6.61 Å². The number of carbonyl (C=O) groups is 1. The number of hydrogen-bond acceptors (Lipinski definition) is 5. The van der Waals surface area contributed by atoms with Crippen molar-refractivity contribution < 1.29 is 9.53 Å². The van der Waals surface area contributed by atoms with Gasteiger partial charge in [-0.15, -0.1) is 0 Å². The molecule has 0 saturated carbocycles. The average molecular weight is 449 g/mol. The Kier molecular flexibility index (Phi) is 7.99. The number of nitrogens with one attached hydrogen (secondary N) is 3. The van der Waals surface area contributed by atoms with Gasteiger partial charge in [-0.3, -0.25) is 14.4 Å². The van der Waals surface area contributed by atoms with Gasteiger partial charge in [-0.2, -0.15) is 0 Å². The van der Waals surface area contributed by atoms with Gasteiger partial charge in [-0.25, -0.2) is 0 Å². The Morgan fingerprint density at radius 1 is 0.909 bits per heavy atom. The third-order valence-electron chi connectivity index (χ3n) is 4.74. The van der Waals surface area contributed by atoms with Crippen molar-refractivity contribution in [3.8, 4) is 5.75 Å². The Hall–Kier alpha value is -3.91. The van der Waals surface area contributed by atoms with Gasteiger partial charge >= 0.3 is 0 Å².